The molecule has 0 radical (unpaired) electrons. The van der Waals surface area contributed by atoms with Gasteiger partial charge in [-0.25, -0.2) is 14.1 Å². The number of hydrogen-bond donors (Lipinski definition) is 1. The number of hydrogen-bond acceptors (Lipinski definition) is 4. The van der Waals surface area contributed by atoms with E-state index in [0.717, 1.165) is 28.6 Å². The third kappa shape index (κ3) is 3.55. The number of nitrogens with one attached hydrogen (secondary N) is 1. The van der Waals surface area contributed by atoms with Gasteiger partial charge < -0.3 is 10.1 Å². The van der Waals surface area contributed by atoms with Crippen LogP contribution in [0.2, 0.25) is 13.1 Å². The number of nitrogens with zero attached hydrogens (tertiary/aromatic N) is 3. The van der Waals surface area contributed by atoms with Crippen molar-refractivity contribution in [3.63, 3.8) is 0 Å². The molecule has 0 saturated heterocycles. The van der Waals surface area contributed by atoms with Crippen LogP contribution in [0.5, 0.6) is 5.88 Å². The molecule has 0 fully saturated rings. The minimum absolute atomic E-state index is 0.190. The van der Waals surface area contributed by atoms with Gasteiger partial charge in [0, 0.05) is 24.9 Å². The van der Waals surface area contributed by atoms with E-state index in [4.69, 9.17) is 9.84 Å². The van der Waals surface area contributed by atoms with Gasteiger partial charge in [0.2, 0.25) is 11.8 Å². The molecule has 144 valence electrons. The van der Waals surface area contributed by atoms with Gasteiger partial charge in [-0.05, 0) is 42.0 Å². The van der Waals surface area contributed by atoms with Crippen LogP contribution in [-0.4, -0.2) is 35.0 Å². The summed E-state index contributed by atoms with van der Waals surface area (Å²) in [7, 11) is -1.55. The Hall–Kier alpha value is -3.00. The summed E-state index contributed by atoms with van der Waals surface area (Å²) in [6.45, 7) is 5.96. The molecule has 28 heavy (non-hydrogen) atoms. The van der Waals surface area contributed by atoms with Crippen molar-refractivity contribution in [1.29, 1.82) is 0 Å². The zero-order valence-electron chi connectivity index (χ0n) is 16.0. The lowest BCUT2D eigenvalue weighted by atomic mass is 10.0. The Bertz CT molecular complexity index is 1050. The molecule has 1 aliphatic heterocycles. The first-order valence-corrected chi connectivity index (χ1v) is 12.5. The number of benzene rings is 1. The van der Waals surface area contributed by atoms with Crippen molar-refractivity contribution in [2.24, 2.45) is 0 Å². The first-order valence-electron chi connectivity index (χ1n) is 9.06. The molecule has 1 amide bonds. The Morgan fingerprint density at radius 3 is 2.68 bits per heavy atom. The molecule has 0 aliphatic carbocycles. The van der Waals surface area contributed by atoms with E-state index in [0.29, 0.717) is 17.9 Å². The van der Waals surface area contributed by atoms with Crippen LogP contribution < -0.4 is 10.1 Å². The van der Waals surface area contributed by atoms with Gasteiger partial charge >= 0.3 is 0 Å². The SMILES string of the molecule is CC(=O)Nc1cc(-c2c(-c3ccc(F)cc3)nn3c2OC[Si](C)(C)C3)ccn1. The van der Waals surface area contributed by atoms with Gasteiger partial charge in [-0.3, -0.25) is 4.79 Å². The van der Waals surface area contributed by atoms with Crippen molar-refractivity contribution in [2.75, 3.05) is 11.5 Å². The number of anilines is 1. The Morgan fingerprint density at radius 2 is 1.96 bits per heavy atom. The summed E-state index contributed by atoms with van der Waals surface area (Å²) in [6.07, 6.45) is 3.19. The quantitative estimate of drug-likeness (QED) is 0.682. The summed E-state index contributed by atoms with van der Waals surface area (Å²) < 4.78 is 21.5. The van der Waals surface area contributed by atoms with Crippen LogP contribution in [0.3, 0.4) is 0 Å². The first-order chi connectivity index (χ1) is 13.3. The van der Waals surface area contributed by atoms with Crippen molar-refractivity contribution in [3.8, 4) is 28.3 Å². The highest BCUT2D eigenvalue weighted by molar-refractivity contribution is 6.76. The maximum absolute atomic E-state index is 13.4. The largest absolute Gasteiger partial charge is 0.481 e. The molecule has 6 nitrogen and oxygen atoms in total. The van der Waals surface area contributed by atoms with E-state index >= 15 is 0 Å². The van der Waals surface area contributed by atoms with Crippen LogP contribution in [0.4, 0.5) is 10.2 Å². The number of carbonyl (C=O) groups is 1. The van der Waals surface area contributed by atoms with Crippen LogP contribution in [0, 0.1) is 5.82 Å². The second-order valence-electron chi connectivity index (χ2n) is 7.76. The molecule has 1 N–H and O–H groups in total. The standard InChI is InChI=1S/C20H21FN4O2Si/c1-13(26)23-17-10-15(8-9-22-17)18-19(14-4-6-16(21)7-5-14)24-25-11-28(2,3)12-27-20(18)25/h4-10H,11-12H2,1-3H3,(H,22,23,26). The molecule has 8 heteroatoms. The van der Waals surface area contributed by atoms with E-state index in [1.54, 1.807) is 24.4 Å². The molecule has 0 unspecified atom stereocenters. The van der Waals surface area contributed by atoms with Gasteiger partial charge in [-0.15, -0.1) is 0 Å². The summed E-state index contributed by atoms with van der Waals surface area (Å²) in [5, 5.41) is 7.52. The van der Waals surface area contributed by atoms with Crippen LogP contribution in [0.1, 0.15) is 6.92 Å². The average Bonchev–Trinajstić information content (AvgIpc) is 2.99. The van der Waals surface area contributed by atoms with Crippen molar-refractivity contribution in [1.82, 2.24) is 14.8 Å². The molecule has 0 atom stereocenters. The van der Waals surface area contributed by atoms with Gasteiger partial charge in [-0.1, -0.05) is 13.1 Å². The second-order valence-corrected chi connectivity index (χ2v) is 12.7. The Kier molecular flexibility index (Phi) is 4.50. The monoisotopic (exact) mass is 396 g/mol. The molecule has 0 bridgehead atoms. The van der Waals surface area contributed by atoms with Crippen molar-refractivity contribution in [2.45, 2.75) is 26.2 Å². The van der Waals surface area contributed by atoms with Gasteiger partial charge in [0.1, 0.15) is 25.4 Å². The number of amides is 1. The summed E-state index contributed by atoms with van der Waals surface area (Å²) >= 11 is 0. The number of aromatic nitrogens is 3. The highest BCUT2D eigenvalue weighted by Crippen LogP contribution is 2.41. The van der Waals surface area contributed by atoms with Crippen LogP contribution >= 0.6 is 0 Å². The number of pyridine rings is 1. The molecule has 0 saturated carbocycles. The maximum Gasteiger partial charge on any atom is 0.222 e. The number of carbonyl (C=O) groups excluding carboxylic acids is 1. The lowest BCUT2D eigenvalue weighted by molar-refractivity contribution is -0.114. The lowest BCUT2D eigenvalue weighted by Crippen LogP contribution is -2.44. The topological polar surface area (TPSA) is 69.0 Å². The number of halogens is 1. The summed E-state index contributed by atoms with van der Waals surface area (Å²) in [6, 6.07) is 9.93. The van der Waals surface area contributed by atoms with Gasteiger partial charge in [0.15, 0.2) is 0 Å². The van der Waals surface area contributed by atoms with Crippen molar-refractivity contribution < 1.29 is 13.9 Å². The van der Waals surface area contributed by atoms with Crippen molar-refractivity contribution >= 4 is 19.8 Å². The van der Waals surface area contributed by atoms with E-state index in [2.05, 4.69) is 23.4 Å². The molecule has 3 aromatic rings. The Labute approximate surface area is 163 Å². The maximum atomic E-state index is 13.4. The third-order valence-corrected chi connectivity index (χ3v) is 6.64. The zero-order chi connectivity index (χ0) is 19.9. The van der Waals surface area contributed by atoms with Crippen LogP contribution in [-0.2, 0) is 11.0 Å². The van der Waals surface area contributed by atoms with Crippen LogP contribution in [0.15, 0.2) is 42.6 Å². The molecular formula is C20H21FN4O2Si. The summed E-state index contributed by atoms with van der Waals surface area (Å²) in [4.78, 5) is 15.6. The minimum atomic E-state index is -1.55. The third-order valence-electron chi connectivity index (χ3n) is 4.55. The Balaban J connectivity index is 1.89. The molecule has 3 heterocycles. The summed E-state index contributed by atoms with van der Waals surface area (Å²) in [5.41, 5.74) is 3.19. The lowest BCUT2D eigenvalue weighted by Gasteiger charge is -2.28. The fourth-order valence-electron chi connectivity index (χ4n) is 3.32. The number of rotatable bonds is 3. The predicted octanol–water partition coefficient (Wildman–Crippen LogP) is 3.89. The second kappa shape index (κ2) is 6.86. The van der Waals surface area contributed by atoms with E-state index < -0.39 is 8.07 Å². The van der Waals surface area contributed by atoms with Gasteiger partial charge in [-0.2, -0.15) is 5.10 Å². The van der Waals surface area contributed by atoms with E-state index in [1.807, 2.05) is 10.7 Å². The fraction of sp³-hybridized carbons (Fsp3) is 0.250. The average molecular weight is 396 g/mol. The highest BCUT2D eigenvalue weighted by Gasteiger charge is 2.34. The molecule has 2 aromatic heterocycles. The molecule has 0 spiro atoms. The minimum Gasteiger partial charge on any atom is -0.481 e. The van der Waals surface area contributed by atoms with Crippen LogP contribution in [0.25, 0.3) is 22.4 Å². The highest BCUT2D eigenvalue weighted by atomic mass is 28.3. The van der Waals surface area contributed by atoms with Gasteiger partial charge in [0.25, 0.3) is 0 Å². The first kappa shape index (κ1) is 18.4. The number of fused-ring (bicyclic) bond motifs is 1. The molecule has 1 aliphatic rings. The number of ether oxygens (including phenoxy) is 1. The molecular weight excluding hydrogens is 375 g/mol. The zero-order valence-corrected chi connectivity index (χ0v) is 17.0. The molecule has 1 aromatic carbocycles. The van der Waals surface area contributed by atoms with Gasteiger partial charge in [0.05, 0.1) is 11.8 Å². The van der Waals surface area contributed by atoms with E-state index in [9.17, 15) is 9.18 Å². The summed E-state index contributed by atoms with van der Waals surface area (Å²) in [5.74, 6) is 0.673. The predicted molar refractivity (Wildman–Crippen MR) is 108 cm³/mol. The molecule has 4 rings (SSSR count). The fourth-order valence-corrected chi connectivity index (χ4v) is 4.96. The van der Waals surface area contributed by atoms with Crippen molar-refractivity contribution in [3.05, 3.63) is 48.4 Å². The smallest absolute Gasteiger partial charge is 0.222 e. The normalized spacial score (nSPS) is 14.9. The van der Waals surface area contributed by atoms with E-state index in [1.165, 1.54) is 19.1 Å². The Morgan fingerprint density at radius 1 is 1.21 bits per heavy atom. The van der Waals surface area contributed by atoms with E-state index in [-0.39, 0.29) is 11.7 Å².